The molecule has 4 unspecified atom stereocenters. The first-order chi connectivity index (χ1) is 14.4. The van der Waals surface area contributed by atoms with E-state index in [1.54, 1.807) is 19.1 Å². The number of carbonyl (C=O) groups is 1. The lowest BCUT2D eigenvalue weighted by Gasteiger charge is -2.53. The van der Waals surface area contributed by atoms with Crippen LogP contribution in [-0.4, -0.2) is 16.5 Å². The Morgan fingerprint density at radius 2 is 1.90 bits per heavy atom. The van der Waals surface area contributed by atoms with Gasteiger partial charge in [-0.25, -0.2) is 4.39 Å². The van der Waals surface area contributed by atoms with Crippen molar-refractivity contribution in [3.8, 4) is 11.8 Å². The van der Waals surface area contributed by atoms with Gasteiger partial charge in [0.05, 0.1) is 0 Å². The fraction of sp³-hybridized carbons (Fsp3) is 0.519. The lowest BCUT2D eigenvalue weighted by molar-refractivity contribution is -0.114. The molecule has 1 N–H and O–H groups in total. The van der Waals surface area contributed by atoms with E-state index < -0.39 is 5.60 Å². The van der Waals surface area contributed by atoms with Gasteiger partial charge in [-0.1, -0.05) is 30.6 Å². The van der Waals surface area contributed by atoms with Gasteiger partial charge in [-0.2, -0.15) is 0 Å². The Morgan fingerprint density at radius 3 is 2.63 bits per heavy atom. The first-order valence-corrected chi connectivity index (χ1v) is 11.2. The van der Waals surface area contributed by atoms with Gasteiger partial charge in [0.25, 0.3) is 0 Å². The molecule has 3 heteroatoms. The van der Waals surface area contributed by atoms with Crippen LogP contribution in [0.2, 0.25) is 0 Å². The molecule has 156 valence electrons. The molecule has 2 fully saturated rings. The highest BCUT2D eigenvalue weighted by molar-refractivity contribution is 5.93. The van der Waals surface area contributed by atoms with Crippen LogP contribution in [0, 0.1) is 34.9 Å². The summed E-state index contributed by atoms with van der Waals surface area (Å²) >= 11 is 0. The smallest absolute Gasteiger partial charge is 0.156 e. The second-order valence-corrected chi connectivity index (χ2v) is 9.82. The van der Waals surface area contributed by atoms with E-state index in [4.69, 9.17) is 0 Å². The van der Waals surface area contributed by atoms with Gasteiger partial charge in [0, 0.05) is 17.8 Å². The van der Waals surface area contributed by atoms with Gasteiger partial charge in [-0.05, 0) is 92.2 Å². The van der Waals surface area contributed by atoms with E-state index in [9.17, 15) is 14.3 Å². The second kappa shape index (κ2) is 6.92. The van der Waals surface area contributed by atoms with Crippen LogP contribution in [0.25, 0.3) is 0 Å². The Morgan fingerprint density at radius 1 is 1.13 bits per heavy atom. The van der Waals surface area contributed by atoms with Gasteiger partial charge in [0.15, 0.2) is 5.78 Å². The van der Waals surface area contributed by atoms with Crippen LogP contribution in [-0.2, 0) is 4.79 Å². The van der Waals surface area contributed by atoms with E-state index in [2.05, 4.69) is 18.8 Å². The maximum Gasteiger partial charge on any atom is 0.156 e. The second-order valence-electron chi connectivity index (χ2n) is 9.82. The minimum Gasteiger partial charge on any atom is -0.377 e. The summed E-state index contributed by atoms with van der Waals surface area (Å²) in [5.41, 5.74) is 3.90. The highest BCUT2D eigenvalue weighted by Gasteiger charge is 2.62. The fourth-order valence-corrected chi connectivity index (χ4v) is 7.07. The SMILES string of the molecule is CC#C[C@]1(O)CCC2C3CCC4=CC(=O)CCC4=C3C(c3ccc(F)cc3)CC21C. The van der Waals surface area contributed by atoms with Gasteiger partial charge >= 0.3 is 0 Å². The zero-order valence-corrected chi connectivity index (χ0v) is 17.8. The molecule has 1 aromatic rings. The molecule has 0 bridgehead atoms. The number of allylic oxidation sites excluding steroid dienone is 4. The van der Waals surface area contributed by atoms with Crippen LogP contribution in [0.5, 0.6) is 0 Å². The molecule has 0 saturated heterocycles. The Balaban J connectivity index is 1.69. The van der Waals surface area contributed by atoms with Gasteiger partial charge in [0.1, 0.15) is 11.4 Å². The number of halogens is 1. The van der Waals surface area contributed by atoms with E-state index in [0.717, 1.165) is 37.7 Å². The lowest BCUT2D eigenvalue weighted by atomic mass is 9.51. The number of hydrogen-bond acceptors (Lipinski definition) is 2. The summed E-state index contributed by atoms with van der Waals surface area (Å²) < 4.78 is 13.7. The number of carbonyl (C=O) groups excluding carboxylic acids is 1. The van der Waals surface area contributed by atoms with Crippen LogP contribution in [0.15, 0.2) is 47.1 Å². The van der Waals surface area contributed by atoms with Crippen LogP contribution in [0.3, 0.4) is 0 Å². The molecule has 0 spiro atoms. The largest absolute Gasteiger partial charge is 0.377 e. The molecule has 5 rings (SSSR count). The average Bonchev–Trinajstić information content (AvgIpc) is 2.98. The van der Waals surface area contributed by atoms with Crippen molar-refractivity contribution in [2.45, 2.75) is 70.3 Å². The van der Waals surface area contributed by atoms with Crippen molar-refractivity contribution in [3.05, 3.63) is 58.4 Å². The molecule has 1 aromatic carbocycles. The van der Waals surface area contributed by atoms with Gasteiger partial charge < -0.3 is 5.11 Å². The van der Waals surface area contributed by atoms with Crippen molar-refractivity contribution >= 4 is 5.78 Å². The van der Waals surface area contributed by atoms with Crippen molar-refractivity contribution in [2.24, 2.45) is 17.3 Å². The highest BCUT2D eigenvalue weighted by atomic mass is 19.1. The molecule has 4 aliphatic carbocycles. The number of benzene rings is 1. The van der Waals surface area contributed by atoms with Gasteiger partial charge in [0.2, 0.25) is 0 Å². The summed E-state index contributed by atoms with van der Waals surface area (Å²) in [6, 6.07) is 6.89. The molecule has 0 aliphatic heterocycles. The Labute approximate surface area is 178 Å². The van der Waals surface area contributed by atoms with Crippen molar-refractivity contribution < 1.29 is 14.3 Å². The Hall–Kier alpha value is -2.18. The van der Waals surface area contributed by atoms with Crippen LogP contribution in [0.1, 0.15) is 70.3 Å². The minimum atomic E-state index is -0.973. The fourth-order valence-electron chi connectivity index (χ4n) is 7.07. The van der Waals surface area contributed by atoms with E-state index in [1.165, 1.54) is 16.7 Å². The molecule has 30 heavy (non-hydrogen) atoms. The molecular formula is C27H29FO2. The Bertz CT molecular complexity index is 1020. The minimum absolute atomic E-state index is 0.132. The number of hydrogen-bond donors (Lipinski definition) is 1. The lowest BCUT2D eigenvalue weighted by Crippen LogP contribution is -2.51. The normalized spacial score (nSPS) is 37.5. The van der Waals surface area contributed by atoms with Crippen LogP contribution in [0.4, 0.5) is 4.39 Å². The summed E-state index contributed by atoms with van der Waals surface area (Å²) in [7, 11) is 0. The molecule has 0 amide bonds. The third-order valence-corrected chi connectivity index (χ3v) is 8.49. The summed E-state index contributed by atoms with van der Waals surface area (Å²) in [6.45, 7) is 4.03. The van der Waals surface area contributed by atoms with Gasteiger partial charge in [-0.3, -0.25) is 4.79 Å². The first-order valence-electron chi connectivity index (χ1n) is 11.2. The number of aliphatic hydroxyl groups is 1. The molecule has 4 aliphatic rings. The maximum absolute atomic E-state index is 13.7. The average molecular weight is 405 g/mol. The number of ketones is 1. The monoisotopic (exact) mass is 404 g/mol. The third-order valence-electron chi connectivity index (χ3n) is 8.49. The van der Waals surface area contributed by atoms with E-state index in [1.807, 2.05) is 18.2 Å². The summed E-state index contributed by atoms with van der Waals surface area (Å²) in [4.78, 5) is 12.1. The zero-order valence-electron chi connectivity index (χ0n) is 17.8. The topological polar surface area (TPSA) is 37.3 Å². The van der Waals surface area contributed by atoms with Crippen molar-refractivity contribution in [3.63, 3.8) is 0 Å². The van der Waals surface area contributed by atoms with Crippen molar-refractivity contribution in [1.82, 2.24) is 0 Å². The third kappa shape index (κ3) is 2.77. The van der Waals surface area contributed by atoms with Crippen molar-refractivity contribution in [2.75, 3.05) is 0 Å². The quantitative estimate of drug-likeness (QED) is 0.630. The molecule has 0 radical (unpaired) electrons. The van der Waals surface area contributed by atoms with Crippen LogP contribution < -0.4 is 0 Å². The van der Waals surface area contributed by atoms with Crippen LogP contribution >= 0.6 is 0 Å². The summed E-state index contributed by atoms with van der Waals surface area (Å²) in [5.74, 6) is 7.08. The molecular weight excluding hydrogens is 375 g/mol. The number of fused-ring (bicyclic) bond motifs is 4. The predicted molar refractivity (Wildman–Crippen MR) is 115 cm³/mol. The summed E-state index contributed by atoms with van der Waals surface area (Å²) in [5, 5.41) is 11.6. The van der Waals surface area contributed by atoms with E-state index >= 15 is 0 Å². The number of rotatable bonds is 1. The first kappa shape index (κ1) is 19.8. The molecule has 0 heterocycles. The van der Waals surface area contributed by atoms with Crippen molar-refractivity contribution in [1.29, 1.82) is 0 Å². The molecule has 5 atom stereocenters. The van der Waals surface area contributed by atoms with E-state index in [0.29, 0.717) is 24.7 Å². The zero-order chi connectivity index (χ0) is 21.1. The molecule has 0 aromatic heterocycles. The standard InChI is InChI=1S/C27H29FO2/c1-3-13-27(30)14-12-24-22-10-6-18-15-20(29)9-11-21(18)25(22)23(16-26(24,27)2)17-4-7-19(28)8-5-17/h4-5,7-8,15,22-24,30H,6,9-12,14,16H2,1-2H3/t22?,23?,24?,26?,27-/m0/s1. The van der Waals surface area contributed by atoms with Gasteiger partial charge in [-0.15, -0.1) is 5.92 Å². The predicted octanol–water partition coefficient (Wildman–Crippen LogP) is 5.48. The molecule has 2 saturated carbocycles. The molecule has 2 nitrogen and oxygen atoms in total. The highest BCUT2D eigenvalue weighted by Crippen LogP contribution is 2.66. The Kier molecular flexibility index (Phi) is 4.56. The maximum atomic E-state index is 13.7. The van der Waals surface area contributed by atoms with E-state index in [-0.39, 0.29) is 22.9 Å². The summed E-state index contributed by atoms with van der Waals surface area (Å²) in [6.07, 6.45) is 7.73.